The molecule has 0 spiro atoms. The van der Waals surface area contributed by atoms with Gasteiger partial charge in [-0.15, -0.1) is 0 Å². The average molecular weight is 210 g/mol. The minimum absolute atomic E-state index is 0.0210. The van der Waals surface area contributed by atoms with Crippen molar-refractivity contribution in [2.24, 2.45) is 5.73 Å². The van der Waals surface area contributed by atoms with Gasteiger partial charge in [0.25, 0.3) is 5.91 Å². The summed E-state index contributed by atoms with van der Waals surface area (Å²) in [5.41, 5.74) is 6.06. The van der Waals surface area contributed by atoms with E-state index >= 15 is 0 Å². The van der Waals surface area contributed by atoms with E-state index in [1.807, 2.05) is 20.8 Å². The van der Waals surface area contributed by atoms with Crippen molar-refractivity contribution in [3.05, 3.63) is 23.7 Å². The fraction of sp³-hybridized carbons (Fsp3) is 0.545. The van der Waals surface area contributed by atoms with Gasteiger partial charge >= 0.3 is 0 Å². The van der Waals surface area contributed by atoms with E-state index in [1.165, 1.54) is 6.26 Å². The molecule has 2 N–H and O–H groups in total. The molecule has 0 aromatic carbocycles. The maximum absolute atomic E-state index is 12.0. The van der Waals surface area contributed by atoms with Gasteiger partial charge in [-0.2, -0.15) is 0 Å². The van der Waals surface area contributed by atoms with E-state index in [0.29, 0.717) is 18.7 Å². The number of carbonyl (C=O) groups excluding carboxylic acids is 1. The first kappa shape index (κ1) is 11.8. The summed E-state index contributed by atoms with van der Waals surface area (Å²) in [6, 6.07) is 1.89. The summed E-state index contributed by atoms with van der Waals surface area (Å²) >= 11 is 0. The van der Waals surface area contributed by atoms with Crippen LogP contribution in [-0.4, -0.2) is 29.9 Å². The Labute approximate surface area is 90.0 Å². The Morgan fingerprint density at radius 2 is 2.27 bits per heavy atom. The Balaban J connectivity index is 2.80. The number of hydrogen-bond donors (Lipinski definition) is 1. The van der Waals surface area contributed by atoms with Gasteiger partial charge in [0.2, 0.25) is 0 Å². The van der Waals surface area contributed by atoms with E-state index in [4.69, 9.17) is 10.2 Å². The topological polar surface area (TPSA) is 59.5 Å². The Morgan fingerprint density at radius 1 is 1.60 bits per heavy atom. The average Bonchev–Trinajstić information content (AvgIpc) is 2.59. The second kappa shape index (κ2) is 4.98. The molecule has 0 aliphatic heterocycles. The number of aryl methyl sites for hydroxylation is 1. The predicted molar refractivity (Wildman–Crippen MR) is 58.7 cm³/mol. The van der Waals surface area contributed by atoms with Crippen LogP contribution in [0.15, 0.2) is 16.7 Å². The molecule has 0 aliphatic rings. The molecule has 0 bridgehead atoms. The van der Waals surface area contributed by atoms with Crippen molar-refractivity contribution in [1.82, 2.24) is 4.90 Å². The number of nitrogens with zero attached hydrogens (tertiary/aromatic N) is 1. The zero-order chi connectivity index (χ0) is 11.4. The zero-order valence-electron chi connectivity index (χ0n) is 9.49. The number of rotatable bonds is 4. The van der Waals surface area contributed by atoms with Crippen LogP contribution in [0.1, 0.15) is 30.0 Å². The Kier molecular flexibility index (Phi) is 3.91. The highest BCUT2D eigenvalue weighted by molar-refractivity contribution is 5.94. The molecule has 1 rings (SSSR count). The molecule has 0 saturated carbocycles. The zero-order valence-corrected chi connectivity index (χ0v) is 9.49. The molecule has 15 heavy (non-hydrogen) atoms. The maximum Gasteiger partial charge on any atom is 0.257 e. The SMILES string of the molecule is Cc1cc(C(=O)N(CCN)C(C)C)co1. The minimum atomic E-state index is -0.0210. The van der Waals surface area contributed by atoms with Crippen LogP contribution in [0.3, 0.4) is 0 Å². The van der Waals surface area contributed by atoms with Gasteiger partial charge in [0.1, 0.15) is 12.0 Å². The lowest BCUT2D eigenvalue weighted by Crippen LogP contribution is -2.40. The molecule has 1 aromatic heterocycles. The van der Waals surface area contributed by atoms with Crippen LogP contribution in [0.2, 0.25) is 0 Å². The maximum atomic E-state index is 12.0. The summed E-state index contributed by atoms with van der Waals surface area (Å²) in [6.07, 6.45) is 1.49. The summed E-state index contributed by atoms with van der Waals surface area (Å²) in [5.74, 6) is 0.724. The van der Waals surface area contributed by atoms with Crippen LogP contribution in [0.25, 0.3) is 0 Å². The van der Waals surface area contributed by atoms with Gasteiger partial charge in [0.05, 0.1) is 5.56 Å². The van der Waals surface area contributed by atoms with Gasteiger partial charge < -0.3 is 15.1 Å². The van der Waals surface area contributed by atoms with Crippen molar-refractivity contribution in [3.8, 4) is 0 Å². The van der Waals surface area contributed by atoms with Crippen molar-refractivity contribution in [2.75, 3.05) is 13.1 Å². The lowest BCUT2D eigenvalue weighted by molar-refractivity contribution is 0.0711. The van der Waals surface area contributed by atoms with E-state index in [1.54, 1.807) is 11.0 Å². The number of hydrogen-bond acceptors (Lipinski definition) is 3. The van der Waals surface area contributed by atoms with Crippen LogP contribution in [0.4, 0.5) is 0 Å². The molecule has 0 aliphatic carbocycles. The number of nitrogens with two attached hydrogens (primary N) is 1. The molecule has 1 aromatic rings. The van der Waals surface area contributed by atoms with Gasteiger partial charge in [-0.05, 0) is 26.8 Å². The summed E-state index contributed by atoms with van der Waals surface area (Å²) in [5, 5.41) is 0. The molecule has 84 valence electrons. The van der Waals surface area contributed by atoms with Crippen LogP contribution < -0.4 is 5.73 Å². The minimum Gasteiger partial charge on any atom is -0.469 e. The molecule has 1 amide bonds. The number of amides is 1. The number of carbonyl (C=O) groups is 1. The first-order valence-corrected chi connectivity index (χ1v) is 5.12. The van der Waals surface area contributed by atoms with E-state index in [-0.39, 0.29) is 11.9 Å². The molecule has 4 heteroatoms. The quantitative estimate of drug-likeness (QED) is 0.817. The van der Waals surface area contributed by atoms with Gasteiger partial charge in [-0.3, -0.25) is 4.79 Å². The van der Waals surface area contributed by atoms with E-state index < -0.39 is 0 Å². The standard InChI is InChI=1S/C11H18N2O2/c1-8(2)13(5-4-12)11(14)10-6-9(3)15-7-10/h6-8H,4-5,12H2,1-3H3. The van der Waals surface area contributed by atoms with E-state index in [9.17, 15) is 4.79 Å². The highest BCUT2D eigenvalue weighted by atomic mass is 16.3. The molecule has 0 atom stereocenters. The molecule has 0 fully saturated rings. The first-order valence-electron chi connectivity index (χ1n) is 5.12. The van der Waals surface area contributed by atoms with Crippen LogP contribution >= 0.6 is 0 Å². The molecule has 0 radical (unpaired) electrons. The Morgan fingerprint density at radius 3 is 2.67 bits per heavy atom. The molecule has 0 saturated heterocycles. The Bertz CT molecular complexity index is 331. The molecule has 4 nitrogen and oxygen atoms in total. The second-order valence-electron chi connectivity index (χ2n) is 3.83. The summed E-state index contributed by atoms with van der Waals surface area (Å²) in [7, 11) is 0. The molecule has 0 unspecified atom stereocenters. The monoisotopic (exact) mass is 210 g/mol. The first-order chi connectivity index (χ1) is 7.06. The van der Waals surface area contributed by atoms with Gasteiger partial charge in [0, 0.05) is 19.1 Å². The van der Waals surface area contributed by atoms with E-state index in [0.717, 1.165) is 5.76 Å². The van der Waals surface area contributed by atoms with Crippen molar-refractivity contribution in [1.29, 1.82) is 0 Å². The van der Waals surface area contributed by atoms with Crippen LogP contribution in [0, 0.1) is 6.92 Å². The third-order valence-electron chi connectivity index (χ3n) is 2.23. The van der Waals surface area contributed by atoms with Gasteiger partial charge in [0.15, 0.2) is 0 Å². The summed E-state index contributed by atoms with van der Waals surface area (Å²) in [6.45, 7) is 6.81. The highest BCUT2D eigenvalue weighted by Gasteiger charge is 2.19. The molecular formula is C11H18N2O2. The smallest absolute Gasteiger partial charge is 0.257 e. The van der Waals surface area contributed by atoms with Crippen molar-refractivity contribution < 1.29 is 9.21 Å². The van der Waals surface area contributed by atoms with Crippen LogP contribution in [0.5, 0.6) is 0 Å². The largest absolute Gasteiger partial charge is 0.469 e. The third-order valence-corrected chi connectivity index (χ3v) is 2.23. The predicted octanol–water partition coefficient (Wildman–Crippen LogP) is 1.40. The molecular weight excluding hydrogens is 192 g/mol. The third kappa shape index (κ3) is 2.83. The van der Waals surface area contributed by atoms with Crippen molar-refractivity contribution in [3.63, 3.8) is 0 Å². The van der Waals surface area contributed by atoms with Crippen molar-refractivity contribution >= 4 is 5.91 Å². The molecule has 1 heterocycles. The Hall–Kier alpha value is -1.29. The number of furan rings is 1. The van der Waals surface area contributed by atoms with Crippen molar-refractivity contribution in [2.45, 2.75) is 26.8 Å². The summed E-state index contributed by atoms with van der Waals surface area (Å²) in [4.78, 5) is 13.7. The second-order valence-corrected chi connectivity index (χ2v) is 3.83. The van der Waals surface area contributed by atoms with Crippen LogP contribution in [-0.2, 0) is 0 Å². The van der Waals surface area contributed by atoms with Gasteiger partial charge in [-0.25, -0.2) is 0 Å². The fourth-order valence-corrected chi connectivity index (χ4v) is 1.45. The highest BCUT2D eigenvalue weighted by Crippen LogP contribution is 2.11. The van der Waals surface area contributed by atoms with E-state index in [2.05, 4.69) is 0 Å². The summed E-state index contributed by atoms with van der Waals surface area (Å²) < 4.78 is 5.11. The normalized spacial score (nSPS) is 10.7. The lowest BCUT2D eigenvalue weighted by atomic mass is 10.2. The van der Waals surface area contributed by atoms with Gasteiger partial charge in [-0.1, -0.05) is 0 Å². The lowest BCUT2D eigenvalue weighted by Gasteiger charge is -2.25. The fourth-order valence-electron chi connectivity index (χ4n) is 1.45.